The van der Waals surface area contributed by atoms with Crippen LogP contribution >= 0.6 is 7.26 Å². The number of hydrogen-bond donors (Lipinski definition) is 0. The maximum atomic E-state index is 12.4. The van der Waals surface area contributed by atoms with Gasteiger partial charge in [0, 0.05) is 6.07 Å². The Hall–Kier alpha value is -1.45. The van der Waals surface area contributed by atoms with E-state index in [9.17, 15) is 4.39 Å². The van der Waals surface area contributed by atoms with Gasteiger partial charge < -0.3 is 28.7 Å². The predicted octanol–water partition coefficient (Wildman–Crippen LogP) is 0.963. The van der Waals surface area contributed by atoms with E-state index in [1.807, 2.05) is 24.3 Å². The van der Waals surface area contributed by atoms with Crippen LogP contribution in [-0.2, 0) is 0 Å². The van der Waals surface area contributed by atoms with Crippen molar-refractivity contribution in [2.45, 2.75) is 0 Å². The summed E-state index contributed by atoms with van der Waals surface area (Å²) in [4.78, 5) is 0. The first-order valence-electron chi connectivity index (χ1n) is 8.02. The Morgan fingerprint density at radius 1 is 0.760 bits per heavy atom. The molecule has 0 aliphatic heterocycles. The maximum absolute atomic E-state index is 12.4. The van der Waals surface area contributed by atoms with Gasteiger partial charge in [0.15, 0.2) is 0 Å². The van der Waals surface area contributed by atoms with E-state index < -0.39 is 13.9 Å². The second kappa shape index (κ2) is 9.30. The van der Waals surface area contributed by atoms with Gasteiger partial charge in [-0.2, -0.15) is 0 Å². The van der Waals surface area contributed by atoms with Crippen LogP contribution < -0.4 is 44.6 Å². The molecule has 1 nitrogen and oxygen atoms in total. The largest absolute Gasteiger partial charge is 1.00 e. The molecule has 3 aromatic carbocycles. The first-order valence-corrected chi connectivity index (χ1v) is 10.3. The summed E-state index contributed by atoms with van der Waals surface area (Å²) in [5.74, 6) is 0.725. The molecular formula is C21H21FIOP. The minimum absolute atomic E-state index is 0. The van der Waals surface area contributed by atoms with Crippen LogP contribution in [0.5, 0.6) is 5.75 Å². The second-order valence-corrected chi connectivity index (χ2v) is 9.27. The molecule has 3 aromatic rings. The van der Waals surface area contributed by atoms with Gasteiger partial charge in [-0.1, -0.05) is 42.5 Å². The average molecular weight is 466 g/mol. The quantitative estimate of drug-likeness (QED) is 0.389. The smallest absolute Gasteiger partial charge is 0.123 e. The molecule has 0 spiro atoms. The van der Waals surface area contributed by atoms with Crippen molar-refractivity contribution in [1.29, 1.82) is 0 Å². The molecule has 130 valence electrons. The van der Waals surface area contributed by atoms with E-state index in [4.69, 9.17) is 4.74 Å². The van der Waals surface area contributed by atoms with Crippen LogP contribution in [0.25, 0.3) is 0 Å². The van der Waals surface area contributed by atoms with Crippen molar-refractivity contribution in [3.05, 3.63) is 84.9 Å². The summed E-state index contributed by atoms with van der Waals surface area (Å²) in [7, 11) is -1.76. The summed E-state index contributed by atoms with van der Waals surface area (Å²) < 4.78 is 17.9. The van der Waals surface area contributed by atoms with E-state index in [1.54, 1.807) is 0 Å². The summed E-state index contributed by atoms with van der Waals surface area (Å²) in [5.41, 5.74) is 0. The van der Waals surface area contributed by atoms with Crippen LogP contribution in [0, 0.1) is 0 Å². The number of halogens is 2. The van der Waals surface area contributed by atoms with Crippen molar-refractivity contribution >= 4 is 23.2 Å². The second-order valence-electron chi connectivity index (χ2n) is 5.71. The molecule has 0 aromatic heterocycles. The topological polar surface area (TPSA) is 9.23 Å². The number of rotatable bonds is 6. The van der Waals surface area contributed by atoms with Crippen LogP contribution in [0.2, 0.25) is 0 Å². The molecule has 0 aliphatic carbocycles. The fourth-order valence-electron chi connectivity index (χ4n) is 2.91. The summed E-state index contributed by atoms with van der Waals surface area (Å²) in [6.45, 7) is 1.94. The average Bonchev–Trinajstić information content (AvgIpc) is 2.67. The minimum Gasteiger partial charge on any atom is -1.00 e. The van der Waals surface area contributed by atoms with Gasteiger partial charge in [-0.3, -0.25) is 0 Å². The van der Waals surface area contributed by atoms with Crippen LogP contribution in [-0.4, -0.2) is 19.9 Å². The highest BCUT2D eigenvalue weighted by molar-refractivity contribution is 7.95. The SMILES string of the molecule is C[P+](c1ccccc1)(c1ccccc1)c1cccc(OCCF)c1.[I-]. The van der Waals surface area contributed by atoms with Crippen LogP contribution in [0.3, 0.4) is 0 Å². The number of hydrogen-bond acceptors (Lipinski definition) is 1. The van der Waals surface area contributed by atoms with Crippen molar-refractivity contribution in [3.63, 3.8) is 0 Å². The molecule has 4 heteroatoms. The van der Waals surface area contributed by atoms with Gasteiger partial charge in [0.25, 0.3) is 0 Å². The zero-order valence-electron chi connectivity index (χ0n) is 14.1. The molecule has 0 atom stereocenters. The van der Waals surface area contributed by atoms with Crippen molar-refractivity contribution in [3.8, 4) is 5.75 Å². The lowest BCUT2D eigenvalue weighted by atomic mass is 10.3. The van der Waals surface area contributed by atoms with E-state index in [0.717, 1.165) is 5.75 Å². The standard InChI is InChI=1S/C21H21FOP.HI/c1-24(19-10-4-2-5-11-19,20-12-6-3-7-13-20)21-14-8-9-18(17-21)23-16-15-22;/h2-14,17H,15-16H2,1H3;1H/q+1;/p-1. The van der Waals surface area contributed by atoms with Gasteiger partial charge in [-0.05, 0) is 36.4 Å². The Kier molecular flexibility index (Phi) is 7.39. The van der Waals surface area contributed by atoms with E-state index >= 15 is 0 Å². The van der Waals surface area contributed by atoms with Gasteiger partial charge in [0.05, 0.1) is 6.66 Å². The van der Waals surface area contributed by atoms with Crippen molar-refractivity contribution in [2.75, 3.05) is 19.9 Å². The molecule has 0 aliphatic rings. The summed E-state index contributed by atoms with van der Waals surface area (Å²) in [5, 5.41) is 3.87. The summed E-state index contributed by atoms with van der Waals surface area (Å²) in [6, 6.07) is 29.3. The lowest BCUT2D eigenvalue weighted by molar-refractivity contribution is -0.00000555. The number of ether oxygens (including phenoxy) is 1. The van der Waals surface area contributed by atoms with Crippen LogP contribution in [0.4, 0.5) is 4.39 Å². The van der Waals surface area contributed by atoms with Gasteiger partial charge in [-0.25, -0.2) is 4.39 Å². The third-order valence-corrected chi connectivity index (χ3v) is 8.20. The first-order chi connectivity index (χ1) is 11.7. The highest BCUT2D eigenvalue weighted by atomic mass is 127. The van der Waals surface area contributed by atoms with Gasteiger partial charge >= 0.3 is 0 Å². The van der Waals surface area contributed by atoms with Crippen LogP contribution in [0.1, 0.15) is 0 Å². The molecule has 0 N–H and O–H groups in total. The van der Waals surface area contributed by atoms with Crippen molar-refractivity contribution in [2.24, 2.45) is 0 Å². The fourth-order valence-corrected chi connectivity index (χ4v) is 6.11. The van der Waals surface area contributed by atoms with Gasteiger partial charge in [0.1, 0.15) is 42.2 Å². The van der Waals surface area contributed by atoms with Gasteiger partial charge in [0.2, 0.25) is 0 Å². The molecular weight excluding hydrogens is 445 g/mol. The van der Waals surface area contributed by atoms with Crippen molar-refractivity contribution < 1.29 is 33.1 Å². The molecule has 0 heterocycles. The number of alkyl halides is 1. The monoisotopic (exact) mass is 466 g/mol. The Bertz CT molecular complexity index is 741. The normalized spacial score (nSPS) is 10.8. The molecule has 0 bridgehead atoms. The Balaban J connectivity index is 0.00000225. The lowest BCUT2D eigenvalue weighted by Gasteiger charge is -2.23. The zero-order chi connectivity index (χ0) is 16.8. The molecule has 0 amide bonds. The van der Waals surface area contributed by atoms with Crippen LogP contribution in [0.15, 0.2) is 84.9 Å². The maximum Gasteiger partial charge on any atom is 0.123 e. The van der Waals surface area contributed by atoms with E-state index in [2.05, 4.69) is 67.3 Å². The number of benzene rings is 3. The highest BCUT2D eigenvalue weighted by Gasteiger charge is 2.40. The molecule has 0 unspecified atom stereocenters. The predicted molar refractivity (Wildman–Crippen MR) is 103 cm³/mol. The fraction of sp³-hybridized carbons (Fsp3) is 0.143. The van der Waals surface area contributed by atoms with Gasteiger partial charge in [-0.15, -0.1) is 0 Å². The Labute approximate surface area is 166 Å². The molecule has 3 rings (SSSR count). The van der Waals surface area contributed by atoms with E-state index in [0.29, 0.717) is 0 Å². The van der Waals surface area contributed by atoms with E-state index in [-0.39, 0.29) is 30.6 Å². The first kappa shape index (κ1) is 19.9. The molecule has 0 radical (unpaired) electrons. The summed E-state index contributed by atoms with van der Waals surface area (Å²) in [6.07, 6.45) is 0. The third-order valence-electron chi connectivity index (χ3n) is 4.23. The minimum atomic E-state index is -1.76. The molecule has 25 heavy (non-hydrogen) atoms. The molecule has 0 saturated heterocycles. The highest BCUT2D eigenvalue weighted by Crippen LogP contribution is 2.51. The third kappa shape index (κ3) is 4.39. The zero-order valence-corrected chi connectivity index (χ0v) is 17.2. The molecule has 0 saturated carbocycles. The van der Waals surface area contributed by atoms with Crippen molar-refractivity contribution in [1.82, 2.24) is 0 Å². The lowest BCUT2D eigenvalue weighted by Crippen LogP contribution is -3.00. The Morgan fingerprint density at radius 3 is 1.80 bits per heavy atom. The molecule has 0 fully saturated rings. The Morgan fingerprint density at radius 2 is 1.28 bits per heavy atom. The van der Waals surface area contributed by atoms with E-state index in [1.165, 1.54) is 15.9 Å². The summed E-state index contributed by atoms with van der Waals surface area (Å²) >= 11 is 0.